The minimum absolute atomic E-state index is 0.0349. The van der Waals surface area contributed by atoms with E-state index in [4.69, 9.17) is 4.74 Å². The van der Waals surface area contributed by atoms with E-state index in [0.717, 1.165) is 22.3 Å². The summed E-state index contributed by atoms with van der Waals surface area (Å²) in [5.74, 6) is -1.35. The molecule has 2 N–H and O–H groups in total. The number of carboxylic acids is 1. The van der Waals surface area contributed by atoms with E-state index in [-0.39, 0.29) is 30.8 Å². The predicted molar refractivity (Wildman–Crippen MR) is 124 cm³/mol. The first-order valence-corrected chi connectivity index (χ1v) is 11.5. The van der Waals surface area contributed by atoms with Gasteiger partial charge in [-0.1, -0.05) is 62.4 Å². The summed E-state index contributed by atoms with van der Waals surface area (Å²) in [4.78, 5) is 38.3. The lowest BCUT2D eigenvalue weighted by atomic mass is 9.98. The van der Waals surface area contributed by atoms with Gasteiger partial charge in [-0.05, 0) is 41.0 Å². The van der Waals surface area contributed by atoms with Crippen LogP contribution in [0, 0.1) is 5.92 Å². The van der Waals surface area contributed by atoms with Crippen LogP contribution in [0.4, 0.5) is 4.79 Å². The van der Waals surface area contributed by atoms with Crippen LogP contribution in [0.3, 0.4) is 0 Å². The van der Waals surface area contributed by atoms with Gasteiger partial charge in [-0.3, -0.25) is 4.79 Å². The zero-order chi connectivity index (χ0) is 23.5. The lowest BCUT2D eigenvalue weighted by Crippen LogP contribution is -2.46. The summed E-state index contributed by atoms with van der Waals surface area (Å²) >= 11 is 0. The number of aliphatic carboxylic acids is 1. The van der Waals surface area contributed by atoms with Crippen LogP contribution in [-0.4, -0.2) is 53.2 Å². The highest BCUT2D eigenvalue weighted by Crippen LogP contribution is 2.44. The highest BCUT2D eigenvalue weighted by molar-refractivity contribution is 5.85. The summed E-state index contributed by atoms with van der Waals surface area (Å²) in [6.45, 7) is 4.36. The van der Waals surface area contributed by atoms with Crippen LogP contribution < -0.4 is 5.32 Å². The Morgan fingerprint density at radius 2 is 1.70 bits per heavy atom. The van der Waals surface area contributed by atoms with Crippen LogP contribution in [0.25, 0.3) is 11.1 Å². The molecule has 2 aromatic carbocycles. The van der Waals surface area contributed by atoms with E-state index in [9.17, 15) is 19.5 Å². The quantitative estimate of drug-likeness (QED) is 0.664. The van der Waals surface area contributed by atoms with Crippen molar-refractivity contribution >= 4 is 18.0 Å². The second kappa shape index (κ2) is 9.65. The number of carboxylic acid groups (broad SMARTS) is 1. The van der Waals surface area contributed by atoms with Gasteiger partial charge in [0, 0.05) is 24.9 Å². The average molecular weight is 451 g/mol. The fourth-order valence-electron chi connectivity index (χ4n) is 5.04. The smallest absolute Gasteiger partial charge is 0.407 e. The first-order chi connectivity index (χ1) is 15.9. The van der Waals surface area contributed by atoms with Gasteiger partial charge in [-0.15, -0.1) is 0 Å². The van der Waals surface area contributed by atoms with Gasteiger partial charge in [-0.2, -0.15) is 0 Å². The molecule has 1 heterocycles. The molecule has 1 aliphatic heterocycles. The second-order valence-corrected chi connectivity index (χ2v) is 8.92. The lowest BCUT2D eigenvalue weighted by molar-refractivity contribution is -0.149. The minimum atomic E-state index is -0.981. The fourth-order valence-corrected chi connectivity index (χ4v) is 5.04. The van der Waals surface area contributed by atoms with E-state index in [1.165, 1.54) is 4.90 Å². The number of alkyl carbamates (subject to hydrolysis) is 1. The van der Waals surface area contributed by atoms with Crippen molar-refractivity contribution in [3.63, 3.8) is 0 Å². The number of fused-ring (bicyclic) bond motifs is 3. The third kappa shape index (κ3) is 4.58. The summed E-state index contributed by atoms with van der Waals surface area (Å²) in [7, 11) is 0. The first-order valence-electron chi connectivity index (χ1n) is 11.5. The predicted octanol–water partition coefficient (Wildman–Crippen LogP) is 4.02. The van der Waals surface area contributed by atoms with E-state index >= 15 is 0 Å². The van der Waals surface area contributed by atoms with Gasteiger partial charge in [0.2, 0.25) is 5.91 Å². The van der Waals surface area contributed by atoms with E-state index in [1.807, 2.05) is 38.1 Å². The Bertz CT molecular complexity index is 1010. The maximum atomic E-state index is 12.8. The molecule has 7 nitrogen and oxygen atoms in total. The number of benzene rings is 2. The first kappa shape index (κ1) is 22.8. The largest absolute Gasteiger partial charge is 0.480 e. The van der Waals surface area contributed by atoms with E-state index in [1.54, 1.807) is 0 Å². The maximum absolute atomic E-state index is 12.8. The van der Waals surface area contributed by atoms with Crippen molar-refractivity contribution in [2.24, 2.45) is 5.92 Å². The van der Waals surface area contributed by atoms with Gasteiger partial charge in [0.1, 0.15) is 12.6 Å². The number of likely N-dealkylation sites (tertiary alicyclic amines) is 1. The van der Waals surface area contributed by atoms with Gasteiger partial charge < -0.3 is 20.1 Å². The van der Waals surface area contributed by atoms with Crippen molar-refractivity contribution in [3.05, 3.63) is 59.7 Å². The molecule has 2 amide bonds. The summed E-state index contributed by atoms with van der Waals surface area (Å²) in [5, 5.41) is 12.3. The average Bonchev–Trinajstić information content (AvgIpc) is 3.35. The molecule has 0 spiro atoms. The van der Waals surface area contributed by atoms with Gasteiger partial charge >= 0.3 is 12.1 Å². The SMILES string of the molecule is CCC(CC(=O)N1CCC(C)C1C(=O)O)NC(=O)OCC1c2ccccc2-c2ccccc21. The molecular formula is C26H30N2O5. The molecular weight excluding hydrogens is 420 g/mol. The molecule has 3 atom stereocenters. The zero-order valence-corrected chi connectivity index (χ0v) is 19.0. The highest BCUT2D eigenvalue weighted by Gasteiger charge is 2.39. The van der Waals surface area contributed by atoms with Crippen LogP contribution in [0.5, 0.6) is 0 Å². The number of nitrogens with one attached hydrogen (secondary N) is 1. The van der Waals surface area contributed by atoms with Gasteiger partial charge in [0.05, 0.1) is 0 Å². The van der Waals surface area contributed by atoms with Crippen molar-refractivity contribution in [1.82, 2.24) is 10.2 Å². The molecule has 2 aromatic rings. The van der Waals surface area contributed by atoms with Crippen LogP contribution in [0.2, 0.25) is 0 Å². The molecule has 174 valence electrons. The standard InChI is InChI=1S/C26H30N2O5/c1-3-17(14-23(29)28-13-12-16(2)24(28)25(30)31)27-26(32)33-15-22-20-10-6-4-8-18(20)19-9-5-7-11-21(19)22/h4-11,16-17,22,24H,3,12-15H2,1-2H3,(H,27,32)(H,30,31). The number of ether oxygens (including phenoxy) is 1. The third-order valence-electron chi connectivity index (χ3n) is 6.85. The summed E-state index contributed by atoms with van der Waals surface area (Å²) in [6, 6.07) is 15.0. The highest BCUT2D eigenvalue weighted by atomic mass is 16.5. The number of carbonyl (C=O) groups excluding carboxylic acids is 2. The molecule has 0 radical (unpaired) electrons. The molecule has 0 saturated carbocycles. The molecule has 33 heavy (non-hydrogen) atoms. The van der Waals surface area contributed by atoms with Crippen LogP contribution in [-0.2, 0) is 14.3 Å². The Kier molecular flexibility index (Phi) is 6.67. The normalized spacial score (nSPS) is 20.1. The van der Waals surface area contributed by atoms with Crippen LogP contribution >= 0.6 is 0 Å². The molecule has 7 heteroatoms. The van der Waals surface area contributed by atoms with E-state index in [2.05, 4.69) is 29.6 Å². The monoisotopic (exact) mass is 450 g/mol. The van der Waals surface area contributed by atoms with Gasteiger partial charge in [0.25, 0.3) is 0 Å². The van der Waals surface area contributed by atoms with Crippen LogP contribution in [0.15, 0.2) is 48.5 Å². The Balaban J connectivity index is 1.36. The molecule has 4 rings (SSSR count). The van der Waals surface area contributed by atoms with Crippen molar-refractivity contribution < 1.29 is 24.2 Å². The molecule has 1 fully saturated rings. The number of carbonyl (C=O) groups is 3. The maximum Gasteiger partial charge on any atom is 0.407 e. The summed E-state index contributed by atoms with van der Waals surface area (Å²) in [6.07, 6.45) is 0.689. The summed E-state index contributed by atoms with van der Waals surface area (Å²) in [5.41, 5.74) is 4.59. The number of hydrogen-bond donors (Lipinski definition) is 2. The van der Waals surface area contributed by atoms with Gasteiger partial charge in [0.15, 0.2) is 0 Å². The van der Waals surface area contributed by atoms with Crippen molar-refractivity contribution in [3.8, 4) is 11.1 Å². The second-order valence-electron chi connectivity index (χ2n) is 8.92. The molecule has 3 unspecified atom stereocenters. The van der Waals surface area contributed by atoms with Gasteiger partial charge in [-0.25, -0.2) is 9.59 Å². The molecule has 1 saturated heterocycles. The Morgan fingerprint density at radius 1 is 1.09 bits per heavy atom. The van der Waals surface area contributed by atoms with Crippen molar-refractivity contribution in [2.75, 3.05) is 13.2 Å². The zero-order valence-electron chi connectivity index (χ0n) is 19.0. The number of rotatable bonds is 7. The molecule has 0 aromatic heterocycles. The Morgan fingerprint density at radius 3 is 2.27 bits per heavy atom. The molecule has 2 aliphatic rings. The molecule has 1 aliphatic carbocycles. The Labute approximate surface area is 193 Å². The number of nitrogens with zero attached hydrogens (tertiary/aromatic N) is 1. The van der Waals surface area contributed by atoms with Crippen molar-refractivity contribution in [2.45, 2.75) is 51.1 Å². The lowest BCUT2D eigenvalue weighted by Gasteiger charge is -2.26. The minimum Gasteiger partial charge on any atom is -0.480 e. The Hall–Kier alpha value is -3.35. The van der Waals surface area contributed by atoms with Crippen molar-refractivity contribution in [1.29, 1.82) is 0 Å². The number of hydrogen-bond acceptors (Lipinski definition) is 4. The summed E-state index contributed by atoms with van der Waals surface area (Å²) < 4.78 is 5.59. The third-order valence-corrected chi connectivity index (χ3v) is 6.85. The number of amides is 2. The van der Waals surface area contributed by atoms with E-state index < -0.39 is 24.1 Å². The topological polar surface area (TPSA) is 95.9 Å². The molecule has 0 bridgehead atoms. The fraction of sp³-hybridized carbons (Fsp3) is 0.423. The van der Waals surface area contributed by atoms with Crippen LogP contribution in [0.1, 0.15) is 50.2 Å². The van der Waals surface area contributed by atoms with E-state index in [0.29, 0.717) is 19.4 Å².